The van der Waals surface area contributed by atoms with Crippen LogP contribution in [0.5, 0.6) is 0 Å². The molecule has 1 aliphatic heterocycles. The molecule has 4 aromatic rings. The summed E-state index contributed by atoms with van der Waals surface area (Å²) in [6.07, 6.45) is 2.52. The van der Waals surface area contributed by atoms with Crippen LogP contribution in [-0.2, 0) is 11.2 Å². The van der Waals surface area contributed by atoms with E-state index in [4.69, 9.17) is 16.0 Å². The van der Waals surface area contributed by atoms with Crippen LogP contribution in [0.15, 0.2) is 95.5 Å². The minimum atomic E-state index is 0.137. The third kappa shape index (κ3) is 5.47. The molecule has 1 aromatic heterocycles. The van der Waals surface area contributed by atoms with Gasteiger partial charge in [0.05, 0.1) is 17.3 Å². The van der Waals surface area contributed by atoms with Crippen molar-refractivity contribution in [1.82, 2.24) is 14.8 Å². The first-order chi connectivity index (χ1) is 17.2. The zero-order valence-corrected chi connectivity index (χ0v) is 20.3. The molecule has 2 heterocycles. The second-order valence-electron chi connectivity index (χ2n) is 8.74. The van der Waals surface area contributed by atoms with Gasteiger partial charge in [-0.3, -0.25) is 9.69 Å². The van der Waals surface area contributed by atoms with Gasteiger partial charge in [-0.2, -0.15) is 0 Å². The van der Waals surface area contributed by atoms with Crippen LogP contribution in [0.3, 0.4) is 0 Å². The van der Waals surface area contributed by atoms with E-state index in [0.29, 0.717) is 42.6 Å². The van der Waals surface area contributed by atoms with Crippen molar-refractivity contribution in [2.45, 2.75) is 18.9 Å². The SMILES string of the molecule is O=C(CCc1ncc(-c2ccccc2Cl)o1)N1CCN(C(c2ccccc2)c2ccccc2)CC1. The number of benzene rings is 3. The summed E-state index contributed by atoms with van der Waals surface area (Å²) in [6, 6.07) is 28.9. The van der Waals surface area contributed by atoms with E-state index in [0.717, 1.165) is 18.7 Å². The number of oxazole rings is 1. The third-order valence-electron chi connectivity index (χ3n) is 6.51. The Morgan fingerprint density at radius 3 is 2.09 bits per heavy atom. The maximum Gasteiger partial charge on any atom is 0.223 e. The summed E-state index contributed by atoms with van der Waals surface area (Å²) < 4.78 is 5.86. The van der Waals surface area contributed by atoms with Gasteiger partial charge >= 0.3 is 0 Å². The Kier molecular flexibility index (Phi) is 7.26. The topological polar surface area (TPSA) is 49.6 Å². The molecule has 0 bridgehead atoms. The Balaban J connectivity index is 1.19. The smallest absolute Gasteiger partial charge is 0.223 e. The van der Waals surface area contributed by atoms with Crippen LogP contribution in [0.25, 0.3) is 11.3 Å². The maximum atomic E-state index is 12.9. The minimum Gasteiger partial charge on any atom is -0.441 e. The summed E-state index contributed by atoms with van der Waals surface area (Å²) >= 11 is 6.26. The molecular formula is C29H28ClN3O2. The molecule has 1 saturated heterocycles. The van der Waals surface area contributed by atoms with Crippen LogP contribution in [0, 0.1) is 0 Å². The highest BCUT2D eigenvalue weighted by Crippen LogP contribution is 2.30. The van der Waals surface area contributed by atoms with E-state index in [2.05, 4.69) is 58.4 Å². The highest BCUT2D eigenvalue weighted by atomic mass is 35.5. The van der Waals surface area contributed by atoms with Crippen molar-refractivity contribution in [1.29, 1.82) is 0 Å². The molecular weight excluding hydrogens is 458 g/mol. The third-order valence-corrected chi connectivity index (χ3v) is 6.84. The van der Waals surface area contributed by atoms with Gasteiger partial charge in [0.2, 0.25) is 5.91 Å². The Morgan fingerprint density at radius 1 is 0.857 bits per heavy atom. The Labute approximate surface area is 211 Å². The molecule has 35 heavy (non-hydrogen) atoms. The average Bonchev–Trinajstić information content (AvgIpc) is 3.38. The van der Waals surface area contributed by atoms with Crippen LogP contribution in [0.2, 0.25) is 5.02 Å². The van der Waals surface area contributed by atoms with Gasteiger partial charge in [-0.05, 0) is 23.3 Å². The van der Waals surface area contributed by atoms with Gasteiger partial charge in [-0.25, -0.2) is 4.98 Å². The van der Waals surface area contributed by atoms with Crippen molar-refractivity contribution >= 4 is 17.5 Å². The number of nitrogens with zero attached hydrogens (tertiary/aromatic N) is 3. The molecule has 178 valence electrons. The van der Waals surface area contributed by atoms with Crippen LogP contribution >= 0.6 is 11.6 Å². The van der Waals surface area contributed by atoms with E-state index in [-0.39, 0.29) is 11.9 Å². The van der Waals surface area contributed by atoms with E-state index in [1.54, 1.807) is 6.20 Å². The maximum absolute atomic E-state index is 12.9. The van der Waals surface area contributed by atoms with Gasteiger partial charge in [0.25, 0.3) is 0 Å². The molecule has 1 aliphatic rings. The molecule has 0 atom stereocenters. The predicted molar refractivity (Wildman–Crippen MR) is 138 cm³/mol. The molecule has 1 amide bonds. The Bertz CT molecular complexity index is 1210. The highest BCUT2D eigenvalue weighted by Gasteiger charge is 2.28. The van der Waals surface area contributed by atoms with Crippen molar-refractivity contribution in [3.63, 3.8) is 0 Å². The molecule has 5 nitrogen and oxygen atoms in total. The number of carbonyl (C=O) groups excluding carboxylic acids is 1. The van der Waals surface area contributed by atoms with E-state index in [9.17, 15) is 4.79 Å². The van der Waals surface area contributed by atoms with Crippen LogP contribution in [0.1, 0.15) is 29.5 Å². The summed E-state index contributed by atoms with van der Waals surface area (Å²) in [5.74, 6) is 1.32. The van der Waals surface area contributed by atoms with E-state index in [1.807, 2.05) is 41.3 Å². The fourth-order valence-electron chi connectivity index (χ4n) is 4.70. The number of aryl methyl sites for hydroxylation is 1. The monoisotopic (exact) mass is 485 g/mol. The summed E-state index contributed by atoms with van der Waals surface area (Å²) in [5, 5.41) is 0.619. The lowest BCUT2D eigenvalue weighted by atomic mass is 9.96. The van der Waals surface area contributed by atoms with Gasteiger partial charge in [-0.15, -0.1) is 0 Å². The van der Waals surface area contributed by atoms with Gasteiger partial charge in [-0.1, -0.05) is 84.4 Å². The lowest BCUT2D eigenvalue weighted by molar-refractivity contribution is -0.133. The molecule has 0 spiro atoms. The van der Waals surface area contributed by atoms with Crippen molar-refractivity contribution in [2.24, 2.45) is 0 Å². The van der Waals surface area contributed by atoms with Gasteiger partial charge in [0.1, 0.15) is 0 Å². The number of piperazine rings is 1. The molecule has 0 saturated carbocycles. The molecule has 3 aromatic carbocycles. The van der Waals surface area contributed by atoms with Crippen LogP contribution in [-0.4, -0.2) is 46.9 Å². The molecule has 1 fully saturated rings. The summed E-state index contributed by atoms with van der Waals surface area (Å²) in [4.78, 5) is 21.7. The van der Waals surface area contributed by atoms with Gasteiger partial charge < -0.3 is 9.32 Å². The molecule has 5 rings (SSSR count). The molecule has 6 heteroatoms. The number of carbonyl (C=O) groups is 1. The zero-order valence-electron chi connectivity index (χ0n) is 19.5. The first kappa shape index (κ1) is 23.3. The minimum absolute atomic E-state index is 0.137. The van der Waals surface area contributed by atoms with E-state index >= 15 is 0 Å². The number of rotatable bonds is 7. The van der Waals surface area contributed by atoms with Crippen LogP contribution < -0.4 is 0 Å². The normalized spacial score (nSPS) is 14.4. The van der Waals surface area contributed by atoms with E-state index in [1.165, 1.54) is 11.1 Å². The highest BCUT2D eigenvalue weighted by molar-refractivity contribution is 6.33. The first-order valence-electron chi connectivity index (χ1n) is 12.0. The Hall–Kier alpha value is -3.41. The molecule has 0 aliphatic carbocycles. The number of hydrogen-bond donors (Lipinski definition) is 0. The number of aromatic nitrogens is 1. The first-order valence-corrected chi connectivity index (χ1v) is 12.4. The van der Waals surface area contributed by atoms with E-state index < -0.39 is 0 Å². The molecule has 0 radical (unpaired) electrons. The van der Waals surface area contributed by atoms with Gasteiger partial charge in [0.15, 0.2) is 11.7 Å². The predicted octanol–water partition coefficient (Wildman–Crippen LogP) is 5.86. The summed E-state index contributed by atoms with van der Waals surface area (Å²) in [6.45, 7) is 3.09. The molecule has 0 N–H and O–H groups in total. The fraction of sp³-hybridized carbons (Fsp3) is 0.241. The van der Waals surface area contributed by atoms with Crippen LogP contribution in [0.4, 0.5) is 0 Å². The second-order valence-corrected chi connectivity index (χ2v) is 9.15. The van der Waals surface area contributed by atoms with Crippen molar-refractivity contribution in [3.05, 3.63) is 113 Å². The lowest BCUT2D eigenvalue weighted by Gasteiger charge is -2.39. The average molecular weight is 486 g/mol. The molecule has 0 unspecified atom stereocenters. The summed E-state index contributed by atoms with van der Waals surface area (Å²) in [7, 11) is 0. The van der Waals surface area contributed by atoms with Crippen molar-refractivity contribution < 1.29 is 9.21 Å². The van der Waals surface area contributed by atoms with Gasteiger partial charge in [0, 0.05) is 44.6 Å². The quantitative estimate of drug-likeness (QED) is 0.329. The zero-order chi connectivity index (χ0) is 24.0. The second kappa shape index (κ2) is 10.9. The summed E-state index contributed by atoms with van der Waals surface area (Å²) in [5.41, 5.74) is 3.36. The Morgan fingerprint density at radius 2 is 1.46 bits per heavy atom. The standard InChI is InChI=1S/C29H28ClN3O2/c30-25-14-8-7-13-24(25)26-21-31-27(35-26)15-16-28(34)32-17-19-33(20-18-32)29(22-9-3-1-4-10-22)23-11-5-2-6-12-23/h1-14,21,29H,15-20H2. The number of hydrogen-bond acceptors (Lipinski definition) is 4. The lowest BCUT2D eigenvalue weighted by Crippen LogP contribution is -2.49. The number of amides is 1. The van der Waals surface area contributed by atoms with Crippen molar-refractivity contribution in [3.8, 4) is 11.3 Å². The largest absolute Gasteiger partial charge is 0.441 e. The van der Waals surface area contributed by atoms with Crippen molar-refractivity contribution in [2.75, 3.05) is 26.2 Å². The number of halogens is 1. The fourth-order valence-corrected chi connectivity index (χ4v) is 4.93.